The first-order valence-electron chi connectivity index (χ1n) is 5.86. The van der Waals surface area contributed by atoms with Gasteiger partial charge in [-0.15, -0.1) is 0 Å². The highest BCUT2D eigenvalue weighted by Gasteiger charge is 1.98. The fourth-order valence-corrected chi connectivity index (χ4v) is 1.36. The van der Waals surface area contributed by atoms with Crippen LogP contribution in [0.3, 0.4) is 0 Å². The van der Waals surface area contributed by atoms with Gasteiger partial charge in [-0.2, -0.15) is 0 Å². The Balaban J connectivity index is 2.02. The molecule has 0 spiro atoms. The number of unbranched alkanes of at least 4 members (excludes halogenated alkanes) is 1. The minimum atomic E-state index is -0.275. The smallest absolute Gasteiger partial charge is 0.245 e. The number of hydrogen-bond acceptors (Lipinski definition) is 3. The quantitative estimate of drug-likeness (QED) is 0.720. The van der Waals surface area contributed by atoms with Crippen molar-refractivity contribution in [3.8, 4) is 5.75 Å². The molecular formula is C13H18FNO3. The number of carbonyl (C=O) groups excluding carboxylic acids is 1. The lowest BCUT2D eigenvalue weighted by molar-refractivity contribution is -0.124. The number of methoxy groups -OCH3 is 1. The molecule has 1 amide bonds. The van der Waals surface area contributed by atoms with E-state index >= 15 is 0 Å². The molecule has 1 N–H and O–H groups in total. The van der Waals surface area contributed by atoms with Crippen LogP contribution >= 0.6 is 0 Å². The largest absolute Gasteiger partial charge is 0.494 e. The average Bonchev–Trinajstić information content (AvgIpc) is 2.36. The van der Waals surface area contributed by atoms with Crippen molar-refractivity contribution in [2.24, 2.45) is 0 Å². The first-order valence-corrected chi connectivity index (χ1v) is 5.86. The molecule has 0 saturated carbocycles. The monoisotopic (exact) mass is 255 g/mol. The molecule has 0 saturated heterocycles. The Morgan fingerprint density at radius 2 is 2.00 bits per heavy atom. The van der Waals surface area contributed by atoms with Crippen LogP contribution in [0.1, 0.15) is 12.8 Å². The van der Waals surface area contributed by atoms with Gasteiger partial charge in [0.2, 0.25) is 5.91 Å². The fraction of sp³-hybridized carbons (Fsp3) is 0.462. The van der Waals surface area contributed by atoms with E-state index in [0.717, 1.165) is 12.8 Å². The molecule has 0 unspecified atom stereocenters. The van der Waals surface area contributed by atoms with E-state index in [1.807, 2.05) is 0 Å². The first kappa shape index (κ1) is 14.4. The SMILES string of the molecule is COCC(=O)NCCCCOc1ccc(F)cc1. The maximum atomic E-state index is 12.6. The Morgan fingerprint density at radius 1 is 1.28 bits per heavy atom. The molecular weight excluding hydrogens is 237 g/mol. The molecule has 100 valence electrons. The van der Waals surface area contributed by atoms with Crippen molar-refractivity contribution in [1.82, 2.24) is 5.32 Å². The van der Waals surface area contributed by atoms with Crippen molar-refractivity contribution >= 4 is 5.91 Å². The number of nitrogens with one attached hydrogen (secondary N) is 1. The number of hydrogen-bond donors (Lipinski definition) is 1. The summed E-state index contributed by atoms with van der Waals surface area (Å²) in [6, 6.07) is 5.91. The summed E-state index contributed by atoms with van der Waals surface area (Å²) in [6.45, 7) is 1.24. The maximum Gasteiger partial charge on any atom is 0.245 e. The molecule has 0 aliphatic carbocycles. The third-order valence-electron chi connectivity index (χ3n) is 2.25. The van der Waals surface area contributed by atoms with Crippen molar-refractivity contribution in [3.63, 3.8) is 0 Å². The Kier molecular flexibility index (Phi) is 6.79. The second-order valence-corrected chi connectivity index (χ2v) is 3.79. The number of ether oxygens (including phenoxy) is 2. The summed E-state index contributed by atoms with van der Waals surface area (Å²) in [6.07, 6.45) is 1.65. The highest BCUT2D eigenvalue weighted by molar-refractivity contribution is 5.77. The van der Waals surface area contributed by atoms with Gasteiger partial charge in [-0.3, -0.25) is 4.79 Å². The van der Waals surface area contributed by atoms with E-state index in [0.29, 0.717) is 18.9 Å². The summed E-state index contributed by atoms with van der Waals surface area (Å²) in [7, 11) is 1.48. The molecule has 1 aromatic rings. The van der Waals surface area contributed by atoms with Crippen molar-refractivity contribution in [2.45, 2.75) is 12.8 Å². The molecule has 0 atom stereocenters. The molecule has 0 aliphatic rings. The molecule has 18 heavy (non-hydrogen) atoms. The molecule has 1 aromatic carbocycles. The van der Waals surface area contributed by atoms with Crippen LogP contribution in [-0.2, 0) is 9.53 Å². The summed E-state index contributed by atoms with van der Waals surface area (Å²) in [5.74, 6) is 0.264. The van der Waals surface area contributed by atoms with Gasteiger partial charge < -0.3 is 14.8 Å². The lowest BCUT2D eigenvalue weighted by Crippen LogP contribution is -2.28. The van der Waals surface area contributed by atoms with Crippen LogP contribution in [0, 0.1) is 5.82 Å². The number of halogens is 1. The lowest BCUT2D eigenvalue weighted by atomic mass is 10.3. The van der Waals surface area contributed by atoms with Crippen molar-refractivity contribution in [3.05, 3.63) is 30.1 Å². The van der Waals surface area contributed by atoms with Crippen LogP contribution in [0.2, 0.25) is 0 Å². The number of rotatable bonds is 8. The normalized spacial score (nSPS) is 10.1. The molecule has 0 fully saturated rings. The Labute approximate surface area is 106 Å². The topological polar surface area (TPSA) is 47.6 Å². The van der Waals surface area contributed by atoms with E-state index < -0.39 is 0 Å². The second kappa shape index (κ2) is 8.47. The van der Waals surface area contributed by atoms with Gasteiger partial charge >= 0.3 is 0 Å². The van der Waals surface area contributed by atoms with Crippen molar-refractivity contribution in [1.29, 1.82) is 0 Å². The zero-order valence-electron chi connectivity index (χ0n) is 10.4. The summed E-state index contributed by atoms with van der Waals surface area (Å²) < 4.78 is 22.7. The number of benzene rings is 1. The highest BCUT2D eigenvalue weighted by Crippen LogP contribution is 2.11. The molecule has 5 heteroatoms. The van der Waals surface area contributed by atoms with E-state index in [9.17, 15) is 9.18 Å². The van der Waals surface area contributed by atoms with Gasteiger partial charge in [0.15, 0.2) is 0 Å². The predicted octanol–water partition coefficient (Wildman–Crippen LogP) is 1.75. The highest BCUT2D eigenvalue weighted by atomic mass is 19.1. The summed E-state index contributed by atoms with van der Waals surface area (Å²) >= 11 is 0. The molecule has 1 rings (SSSR count). The summed E-state index contributed by atoms with van der Waals surface area (Å²) in [4.78, 5) is 11.0. The Morgan fingerprint density at radius 3 is 2.67 bits per heavy atom. The molecule has 0 radical (unpaired) electrons. The van der Waals surface area contributed by atoms with Gasteiger partial charge in [-0.1, -0.05) is 0 Å². The molecule has 0 aromatic heterocycles. The van der Waals surface area contributed by atoms with Crippen LogP contribution < -0.4 is 10.1 Å². The third kappa shape index (κ3) is 6.20. The number of amides is 1. The van der Waals surface area contributed by atoms with Gasteiger partial charge in [0.05, 0.1) is 6.61 Å². The minimum Gasteiger partial charge on any atom is -0.494 e. The lowest BCUT2D eigenvalue weighted by Gasteiger charge is -2.06. The maximum absolute atomic E-state index is 12.6. The molecule has 0 heterocycles. The van der Waals surface area contributed by atoms with Crippen molar-refractivity contribution in [2.75, 3.05) is 26.9 Å². The summed E-state index contributed by atoms with van der Waals surface area (Å²) in [5, 5.41) is 2.72. The zero-order chi connectivity index (χ0) is 13.2. The first-order chi connectivity index (χ1) is 8.72. The predicted molar refractivity (Wildman–Crippen MR) is 66.0 cm³/mol. The summed E-state index contributed by atoms with van der Waals surface area (Å²) in [5.41, 5.74) is 0. The third-order valence-corrected chi connectivity index (χ3v) is 2.25. The standard InChI is InChI=1S/C13H18FNO3/c1-17-10-13(16)15-8-2-3-9-18-12-6-4-11(14)5-7-12/h4-7H,2-3,8-10H2,1H3,(H,15,16). The van der Waals surface area contributed by atoms with Crippen LogP contribution in [-0.4, -0.2) is 32.8 Å². The Hall–Kier alpha value is -1.62. The molecule has 0 aliphatic heterocycles. The van der Waals surface area contributed by atoms with Gasteiger partial charge in [-0.05, 0) is 37.1 Å². The molecule has 4 nitrogen and oxygen atoms in total. The number of carbonyl (C=O) groups is 1. The van der Waals surface area contributed by atoms with E-state index in [-0.39, 0.29) is 18.3 Å². The van der Waals surface area contributed by atoms with E-state index in [4.69, 9.17) is 4.74 Å². The van der Waals surface area contributed by atoms with E-state index in [1.165, 1.54) is 19.2 Å². The Bertz CT molecular complexity index is 354. The van der Waals surface area contributed by atoms with E-state index in [2.05, 4.69) is 10.1 Å². The van der Waals surface area contributed by atoms with Gasteiger partial charge in [0.1, 0.15) is 18.2 Å². The fourth-order valence-electron chi connectivity index (χ4n) is 1.36. The van der Waals surface area contributed by atoms with Crippen LogP contribution in [0.4, 0.5) is 4.39 Å². The average molecular weight is 255 g/mol. The van der Waals surface area contributed by atoms with E-state index in [1.54, 1.807) is 12.1 Å². The van der Waals surface area contributed by atoms with Gasteiger partial charge in [0.25, 0.3) is 0 Å². The van der Waals surface area contributed by atoms with Crippen LogP contribution in [0.15, 0.2) is 24.3 Å². The van der Waals surface area contributed by atoms with Gasteiger partial charge in [0, 0.05) is 13.7 Å². The minimum absolute atomic E-state index is 0.0894. The molecule has 0 bridgehead atoms. The van der Waals surface area contributed by atoms with Gasteiger partial charge in [-0.25, -0.2) is 4.39 Å². The van der Waals surface area contributed by atoms with Crippen molar-refractivity contribution < 1.29 is 18.7 Å². The van der Waals surface area contributed by atoms with Crippen LogP contribution in [0.25, 0.3) is 0 Å². The second-order valence-electron chi connectivity index (χ2n) is 3.79. The van der Waals surface area contributed by atoms with Crippen LogP contribution in [0.5, 0.6) is 5.75 Å². The zero-order valence-corrected chi connectivity index (χ0v) is 10.4.